The van der Waals surface area contributed by atoms with E-state index in [1.54, 1.807) is 17.2 Å². The Balaban J connectivity index is 0.00000242. The average molecular weight is 1060 g/mol. The number of aliphatic carboxylic acids is 4. The Morgan fingerprint density at radius 2 is 1.42 bits per heavy atom. The number of carbonyl (C=O) groups excluding carboxylic acids is 5. The van der Waals surface area contributed by atoms with Crippen LogP contribution in [0.2, 0.25) is 0 Å². The van der Waals surface area contributed by atoms with Crippen LogP contribution < -0.4 is 27.8 Å². The number of hydrogen-bond donors (Lipinski definition) is 9. The van der Waals surface area contributed by atoms with Gasteiger partial charge < -0.3 is 62.6 Å². The molecule has 0 saturated carbocycles. The van der Waals surface area contributed by atoms with Gasteiger partial charge in [0.1, 0.15) is 29.0 Å². The fraction of sp³-hybridized carbons (Fsp3) is 0.457. The van der Waals surface area contributed by atoms with Crippen molar-refractivity contribution in [2.45, 2.75) is 95.5 Å². The molecule has 2 aromatic carbocycles. The molecule has 0 spiro atoms. The van der Waals surface area contributed by atoms with Crippen LogP contribution >= 0.6 is 11.8 Å². The van der Waals surface area contributed by atoms with Crippen LogP contribution in [0.1, 0.15) is 70.7 Å². The number of primary amides is 1. The molecule has 0 fully saturated rings. The molecule has 1 aromatic heterocycles. The number of carboxylic acid groups (broad SMARTS) is 4. The molecule has 0 aliphatic carbocycles. The Morgan fingerprint density at radius 3 is 1.95 bits per heavy atom. The summed E-state index contributed by atoms with van der Waals surface area (Å²) in [7, 11) is 0. The van der Waals surface area contributed by atoms with Gasteiger partial charge >= 0.3 is 30.1 Å². The van der Waals surface area contributed by atoms with Crippen molar-refractivity contribution in [3.8, 4) is 11.1 Å². The number of aromatic nitrogens is 1. The molecule has 5 amide bonds. The van der Waals surface area contributed by atoms with Crippen LogP contribution in [-0.4, -0.2) is 150 Å². The summed E-state index contributed by atoms with van der Waals surface area (Å²) in [6, 6.07) is 9.43. The molecule has 5 atom stereocenters. The first-order chi connectivity index (χ1) is 33.8. The maximum Gasteiger partial charge on any atom is 0.490 e. The summed E-state index contributed by atoms with van der Waals surface area (Å²) in [5.41, 5.74) is 18.6. The van der Waals surface area contributed by atoms with Gasteiger partial charge in [0.25, 0.3) is 0 Å². The molecule has 3 aromatic rings. The molecule has 5 unspecified atom stereocenters. The lowest BCUT2D eigenvalue weighted by atomic mass is 9.82. The molecule has 0 aliphatic heterocycles. The van der Waals surface area contributed by atoms with Gasteiger partial charge in [-0.05, 0) is 48.1 Å². The van der Waals surface area contributed by atoms with Crippen molar-refractivity contribution in [1.82, 2.24) is 25.0 Å². The molecule has 0 radical (unpaired) electrons. The predicted molar refractivity (Wildman–Crippen MR) is 253 cm³/mol. The van der Waals surface area contributed by atoms with Gasteiger partial charge in [-0.3, -0.25) is 38.4 Å². The number of hydrogen-bond acceptors (Lipinski definition) is 12. The molecule has 27 heteroatoms. The summed E-state index contributed by atoms with van der Waals surface area (Å²) < 4.78 is 63.1. The maximum atomic E-state index is 15.1. The molecule has 73 heavy (non-hydrogen) atoms. The number of nitrogens with two attached hydrogens (primary N) is 3. The number of alkyl halides is 3. The molecule has 12 N–H and O–H groups in total. The number of thioether (sulfide) groups is 1. The van der Waals surface area contributed by atoms with Crippen molar-refractivity contribution in [3.05, 3.63) is 83.7 Å². The molecular formula is C46H59F5N8O13S. The van der Waals surface area contributed by atoms with E-state index in [2.05, 4.69) is 10.6 Å². The Hall–Kier alpha value is -7.13. The van der Waals surface area contributed by atoms with E-state index in [9.17, 15) is 66.1 Å². The smallest absolute Gasteiger partial charge is 0.481 e. The first-order valence-electron chi connectivity index (χ1n) is 22.1. The third-order valence-electron chi connectivity index (χ3n) is 10.6. The third-order valence-corrected chi connectivity index (χ3v) is 11.9. The Labute approximate surface area is 419 Å². The van der Waals surface area contributed by atoms with Gasteiger partial charge in [-0.2, -0.15) is 13.2 Å². The van der Waals surface area contributed by atoms with E-state index < -0.39 is 133 Å². The number of amides is 5. The van der Waals surface area contributed by atoms with E-state index in [0.717, 1.165) is 28.7 Å². The molecule has 1 heterocycles. The summed E-state index contributed by atoms with van der Waals surface area (Å²) in [5.74, 6) is -12.5. The van der Waals surface area contributed by atoms with E-state index in [4.69, 9.17) is 32.2 Å². The number of carboxylic acids is 4. The van der Waals surface area contributed by atoms with Gasteiger partial charge in [0.2, 0.25) is 29.5 Å². The summed E-state index contributed by atoms with van der Waals surface area (Å²) in [6.07, 6.45) is -5.15. The standard InChI is InChI=1S/C44H58F2N8O11S.C2HF3O2/c1-25(55)53(39(44(2,3)4)34-18-27(29-19-28(45)10-11-30(29)46)23-52(34)22-26-8-6-5-7-9-26)16-14-31(47)41(61)50-15-17-54(33(40(49)60)12-13-38(58)59)37(57)21-51-36(56)20-35(43(64)65)66-24-32(48)42(62)63;3-2(4,5)1(6)7/h5-11,18-19,23,31-33,35,39H,12-17,20-22,24,47-48H2,1-4H3,(H2,49,60)(H,50,61)(H,51,56)(H,58,59)(H,62,63)(H,64,65);(H,6,7). The minimum Gasteiger partial charge on any atom is -0.481 e. The largest absolute Gasteiger partial charge is 0.490 e. The lowest BCUT2D eigenvalue weighted by Gasteiger charge is -2.41. The van der Waals surface area contributed by atoms with Crippen LogP contribution in [0.3, 0.4) is 0 Å². The molecule has 0 bridgehead atoms. The van der Waals surface area contributed by atoms with Crippen molar-refractivity contribution in [2.75, 3.05) is 31.9 Å². The third kappa shape index (κ3) is 20.5. The van der Waals surface area contributed by atoms with E-state index in [1.807, 2.05) is 55.7 Å². The Kier molecular flexibility index (Phi) is 23.9. The first kappa shape index (κ1) is 62.0. The minimum atomic E-state index is -5.08. The molecule has 402 valence electrons. The Bertz CT molecular complexity index is 2440. The summed E-state index contributed by atoms with van der Waals surface area (Å²) >= 11 is 0.607. The number of rotatable bonds is 26. The number of carbonyl (C=O) groups is 9. The fourth-order valence-electron chi connectivity index (χ4n) is 7.11. The highest BCUT2D eigenvalue weighted by atomic mass is 32.2. The SMILES string of the molecule is CC(=O)N(CCC(N)C(=O)NCCN(C(=O)CNC(=O)CC(SCC(N)C(=O)O)C(=O)O)C(CCC(=O)O)C(N)=O)C(c1cc(-c2cc(F)ccc2F)cn1Cc1ccccc1)C(C)(C)C.O=C(O)C(F)(F)F. The van der Waals surface area contributed by atoms with Crippen molar-refractivity contribution in [2.24, 2.45) is 22.6 Å². The van der Waals surface area contributed by atoms with Crippen molar-refractivity contribution in [1.29, 1.82) is 0 Å². The van der Waals surface area contributed by atoms with Crippen LogP contribution in [0, 0.1) is 17.0 Å². The zero-order valence-electron chi connectivity index (χ0n) is 40.1. The quantitative estimate of drug-likeness (QED) is 0.0522. The van der Waals surface area contributed by atoms with Crippen LogP contribution in [0.5, 0.6) is 0 Å². The Morgan fingerprint density at radius 1 is 0.808 bits per heavy atom. The molecular weight excluding hydrogens is 1000 g/mol. The highest BCUT2D eigenvalue weighted by molar-refractivity contribution is 8.00. The lowest BCUT2D eigenvalue weighted by Crippen LogP contribution is -2.54. The van der Waals surface area contributed by atoms with Gasteiger partial charge in [0, 0.05) is 74.7 Å². The highest BCUT2D eigenvalue weighted by Crippen LogP contribution is 2.41. The van der Waals surface area contributed by atoms with Crippen molar-refractivity contribution >= 4 is 65.2 Å². The molecule has 21 nitrogen and oxygen atoms in total. The van der Waals surface area contributed by atoms with Gasteiger partial charge in [0.15, 0.2) is 0 Å². The molecule has 3 rings (SSSR count). The van der Waals surface area contributed by atoms with Crippen LogP contribution in [0.15, 0.2) is 60.8 Å². The van der Waals surface area contributed by atoms with Crippen molar-refractivity contribution < 1.29 is 85.5 Å². The topological polar surface area (TPSA) is 348 Å². The van der Waals surface area contributed by atoms with Gasteiger partial charge in [-0.25, -0.2) is 13.6 Å². The number of halogens is 5. The van der Waals surface area contributed by atoms with E-state index in [0.29, 0.717) is 29.6 Å². The van der Waals surface area contributed by atoms with Gasteiger partial charge in [0.05, 0.1) is 18.6 Å². The predicted octanol–water partition coefficient (Wildman–Crippen LogP) is 2.54. The minimum absolute atomic E-state index is 0.0265. The number of nitrogens with zero attached hydrogens (tertiary/aromatic N) is 3. The van der Waals surface area contributed by atoms with Gasteiger partial charge in [-0.1, -0.05) is 51.1 Å². The normalized spacial score (nSPS) is 13.4. The molecule has 0 saturated heterocycles. The molecule has 0 aliphatic rings. The zero-order chi connectivity index (χ0) is 55.5. The van der Waals surface area contributed by atoms with Crippen LogP contribution in [-0.2, 0) is 49.7 Å². The fourth-order valence-corrected chi connectivity index (χ4v) is 8.11. The summed E-state index contributed by atoms with van der Waals surface area (Å²) in [4.78, 5) is 111. The van der Waals surface area contributed by atoms with Crippen LogP contribution in [0.4, 0.5) is 22.0 Å². The average Bonchev–Trinajstić information content (AvgIpc) is 3.69. The van der Waals surface area contributed by atoms with E-state index in [-0.39, 0.29) is 36.7 Å². The number of benzene rings is 2. The second-order valence-electron chi connectivity index (χ2n) is 17.4. The monoisotopic (exact) mass is 1060 g/mol. The lowest BCUT2D eigenvalue weighted by molar-refractivity contribution is -0.192. The van der Waals surface area contributed by atoms with E-state index in [1.165, 1.54) is 6.92 Å². The summed E-state index contributed by atoms with van der Waals surface area (Å²) in [5, 5.41) is 38.3. The second-order valence-corrected chi connectivity index (χ2v) is 18.6. The first-order valence-corrected chi connectivity index (χ1v) is 23.1. The summed E-state index contributed by atoms with van der Waals surface area (Å²) in [6.45, 7) is 5.82. The van der Waals surface area contributed by atoms with Gasteiger partial charge in [-0.15, -0.1) is 11.8 Å². The number of nitrogens with one attached hydrogen (secondary N) is 2. The van der Waals surface area contributed by atoms with E-state index >= 15 is 4.39 Å². The van der Waals surface area contributed by atoms with Crippen LogP contribution in [0.25, 0.3) is 11.1 Å². The maximum absolute atomic E-state index is 15.1. The second kappa shape index (κ2) is 28.2. The zero-order valence-corrected chi connectivity index (χ0v) is 40.9. The highest BCUT2D eigenvalue weighted by Gasteiger charge is 2.39. The van der Waals surface area contributed by atoms with Crippen molar-refractivity contribution in [3.63, 3.8) is 0 Å².